The standard InChI is InChI=1S/C33H45ClFN5O2/c1-5-11-25(12-6-2)23-42-33-37-30(17-10-15-26-14-8-9-16-29(26)34)28(13-7-3)31(38-33)39-20-21-40(32(41)24(4)35)27(22-39)18-19-36/h8-9,14,16,25,27H,4-7,10-13,15,17-18,20-23H2,1-3H3. The van der Waals surface area contributed by atoms with Gasteiger partial charge in [-0.3, -0.25) is 4.79 Å². The molecule has 0 aliphatic carbocycles. The summed E-state index contributed by atoms with van der Waals surface area (Å²) >= 11 is 6.42. The van der Waals surface area contributed by atoms with Crippen LogP contribution in [0.15, 0.2) is 36.7 Å². The Labute approximate surface area is 255 Å². The zero-order valence-electron chi connectivity index (χ0n) is 25.4. The molecule has 228 valence electrons. The van der Waals surface area contributed by atoms with Crippen LogP contribution < -0.4 is 9.64 Å². The van der Waals surface area contributed by atoms with Gasteiger partial charge in [0.15, 0.2) is 5.83 Å². The van der Waals surface area contributed by atoms with Gasteiger partial charge in [0.2, 0.25) is 0 Å². The zero-order chi connectivity index (χ0) is 30.5. The number of piperazine rings is 1. The van der Waals surface area contributed by atoms with Gasteiger partial charge in [-0.2, -0.15) is 15.2 Å². The highest BCUT2D eigenvalue weighted by Crippen LogP contribution is 2.30. The first-order valence-electron chi connectivity index (χ1n) is 15.4. The number of rotatable bonds is 16. The molecule has 1 aliphatic rings. The molecule has 0 N–H and O–H groups in total. The van der Waals surface area contributed by atoms with Crippen LogP contribution in [0.5, 0.6) is 6.01 Å². The van der Waals surface area contributed by atoms with Gasteiger partial charge in [0.05, 0.1) is 30.8 Å². The Kier molecular flexibility index (Phi) is 13.5. The Hall–Kier alpha value is -3.18. The number of nitriles is 1. The number of aromatic nitrogens is 2. The third-order valence-corrected chi connectivity index (χ3v) is 8.18. The number of hydrogen-bond donors (Lipinski definition) is 0. The van der Waals surface area contributed by atoms with E-state index in [1.54, 1.807) is 0 Å². The van der Waals surface area contributed by atoms with E-state index >= 15 is 0 Å². The van der Waals surface area contributed by atoms with Crippen molar-refractivity contribution in [2.45, 2.75) is 91.0 Å². The molecule has 1 amide bonds. The van der Waals surface area contributed by atoms with Gasteiger partial charge in [-0.25, -0.2) is 4.39 Å². The van der Waals surface area contributed by atoms with Gasteiger partial charge < -0.3 is 14.5 Å². The van der Waals surface area contributed by atoms with Crippen LogP contribution in [0.25, 0.3) is 0 Å². The molecule has 0 saturated carbocycles. The van der Waals surface area contributed by atoms with E-state index in [9.17, 15) is 14.4 Å². The first-order chi connectivity index (χ1) is 20.3. The lowest BCUT2D eigenvalue weighted by atomic mass is 9.99. The van der Waals surface area contributed by atoms with Crippen LogP contribution in [0.4, 0.5) is 10.2 Å². The molecule has 2 heterocycles. The Bertz CT molecular complexity index is 1230. The maximum atomic E-state index is 13.8. The lowest BCUT2D eigenvalue weighted by molar-refractivity contribution is -0.131. The van der Waals surface area contributed by atoms with Crippen LogP contribution in [-0.4, -0.2) is 53.1 Å². The number of carbonyl (C=O) groups excluding carboxylic acids is 1. The fraction of sp³-hybridized carbons (Fsp3) is 0.576. The van der Waals surface area contributed by atoms with E-state index in [-0.39, 0.29) is 13.0 Å². The van der Waals surface area contributed by atoms with Crippen LogP contribution >= 0.6 is 11.6 Å². The summed E-state index contributed by atoms with van der Waals surface area (Å²) in [6.07, 6.45) is 8.58. The number of amides is 1. The summed E-state index contributed by atoms with van der Waals surface area (Å²) in [5.41, 5.74) is 3.13. The van der Waals surface area contributed by atoms with Gasteiger partial charge in [-0.1, -0.05) is 76.4 Å². The predicted octanol–water partition coefficient (Wildman–Crippen LogP) is 7.27. The van der Waals surface area contributed by atoms with Crippen molar-refractivity contribution in [1.82, 2.24) is 14.9 Å². The van der Waals surface area contributed by atoms with Crippen LogP contribution in [0.2, 0.25) is 5.02 Å². The van der Waals surface area contributed by atoms with Gasteiger partial charge in [0, 0.05) is 30.2 Å². The molecule has 1 saturated heterocycles. The van der Waals surface area contributed by atoms with Gasteiger partial charge in [-0.05, 0) is 56.1 Å². The molecule has 3 rings (SSSR count). The van der Waals surface area contributed by atoms with Crippen molar-refractivity contribution in [1.29, 1.82) is 5.26 Å². The Morgan fingerprint density at radius 1 is 1.14 bits per heavy atom. The van der Waals surface area contributed by atoms with Crippen molar-refractivity contribution < 1.29 is 13.9 Å². The molecule has 1 aromatic carbocycles. The summed E-state index contributed by atoms with van der Waals surface area (Å²) in [4.78, 5) is 25.9. The number of anilines is 1. The summed E-state index contributed by atoms with van der Waals surface area (Å²) < 4.78 is 20.1. The van der Waals surface area contributed by atoms with E-state index < -0.39 is 17.8 Å². The highest BCUT2D eigenvalue weighted by molar-refractivity contribution is 6.31. The first kappa shape index (κ1) is 33.3. The molecule has 1 aromatic heterocycles. The topological polar surface area (TPSA) is 82.3 Å². The third-order valence-electron chi connectivity index (χ3n) is 7.81. The molecule has 0 radical (unpaired) electrons. The molecule has 0 spiro atoms. The van der Waals surface area contributed by atoms with Gasteiger partial charge in [-0.15, -0.1) is 0 Å². The minimum atomic E-state index is -1.01. The van der Waals surface area contributed by atoms with E-state index in [1.165, 1.54) is 4.90 Å². The largest absolute Gasteiger partial charge is 0.463 e. The summed E-state index contributed by atoms with van der Waals surface area (Å²) in [6, 6.07) is 9.96. The normalized spacial score (nSPS) is 15.1. The number of aryl methyl sites for hydroxylation is 2. The quantitative estimate of drug-likeness (QED) is 0.189. The second-order valence-electron chi connectivity index (χ2n) is 11.1. The molecule has 9 heteroatoms. The summed E-state index contributed by atoms with van der Waals surface area (Å²) in [6.45, 7) is 11.3. The van der Waals surface area contributed by atoms with Gasteiger partial charge in [0.25, 0.3) is 5.91 Å². The van der Waals surface area contributed by atoms with Crippen LogP contribution in [0, 0.1) is 17.2 Å². The second kappa shape index (κ2) is 17.1. The second-order valence-corrected chi connectivity index (χ2v) is 11.5. The van der Waals surface area contributed by atoms with Crippen molar-refractivity contribution >= 4 is 23.3 Å². The van der Waals surface area contributed by atoms with Crippen molar-refractivity contribution in [3.05, 3.63) is 58.5 Å². The fourth-order valence-corrected chi connectivity index (χ4v) is 5.98. The molecule has 1 fully saturated rings. The highest BCUT2D eigenvalue weighted by atomic mass is 35.5. The summed E-state index contributed by atoms with van der Waals surface area (Å²) in [5.74, 6) is -0.542. The van der Waals surface area contributed by atoms with E-state index in [4.69, 9.17) is 26.3 Å². The smallest absolute Gasteiger partial charge is 0.318 e. The van der Waals surface area contributed by atoms with Crippen LogP contribution in [0.3, 0.4) is 0 Å². The maximum absolute atomic E-state index is 13.8. The Morgan fingerprint density at radius 2 is 1.88 bits per heavy atom. The fourth-order valence-electron chi connectivity index (χ4n) is 5.75. The third kappa shape index (κ3) is 9.16. The SMILES string of the molecule is C=C(F)C(=O)N1CCN(c2nc(OCC(CCC)CCC)nc(CCCc3ccccc3Cl)c2CCC)CC1CC#N. The number of ether oxygens (including phenoxy) is 1. The van der Waals surface area contributed by atoms with Crippen molar-refractivity contribution in [2.75, 3.05) is 31.1 Å². The summed E-state index contributed by atoms with van der Waals surface area (Å²) in [5, 5.41) is 10.2. The van der Waals surface area contributed by atoms with Crippen molar-refractivity contribution in [3.8, 4) is 12.1 Å². The van der Waals surface area contributed by atoms with Crippen molar-refractivity contribution in [3.63, 3.8) is 0 Å². The molecule has 42 heavy (non-hydrogen) atoms. The number of halogens is 2. The van der Waals surface area contributed by atoms with E-state index in [0.717, 1.165) is 85.4 Å². The molecular formula is C33H45ClFN5O2. The Balaban J connectivity index is 1.95. The number of benzene rings is 1. The van der Waals surface area contributed by atoms with Crippen molar-refractivity contribution in [2.24, 2.45) is 5.92 Å². The highest BCUT2D eigenvalue weighted by Gasteiger charge is 2.33. The molecule has 7 nitrogen and oxygen atoms in total. The van der Waals surface area contributed by atoms with E-state index in [2.05, 4.69) is 44.4 Å². The van der Waals surface area contributed by atoms with Gasteiger partial charge in [0.1, 0.15) is 5.82 Å². The zero-order valence-corrected chi connectivity index (χ0v) is 26.1. The molecule has 1 aliphatic heterocycles. The van der Waals surface area contributed by atoms with Crippen LogP contribution in [0.1, 0.15) is 82.5 Å². The lowest BCUT2D eigenvalue weighted by Crippen LogP contribution is -2.55. The maximum Gasteiger partial charge on any atom is 0.318 e. The molecule has 1 unspecified atom stereocenters. The molecule has 1 atom stereocenters. The Morgan fingerprint density at radius 3 is 2.52 bits per heavy atom. The molecular weight excluding hydrogens is 553 g/mol. The lowest BCUT2D eigenvalue weighted by Gasteiger charge is -2.41. The molecule has 0 bridgehead atoms. The minimum Gasteiger partial charge on any atom is -0.463 e. The number of carbonyl (C=O) groups is 1. The summed E-state index contributed by atoms with van der Waals surface area (Å²) in [7, 11) is 0. The minimum absolute atomic E-state index is 0.0908. The first-order valence-corrected chi connectivity index (χ1v) is 15.7. The monoisotopic (exact) mass is 597 g/mol. The van der Waals surface area contributed by atoms with E-state index in [0.29, 0.717) is 31.6 Å². The number of hydrogen-bond acceptors (Lipinski definition) is 6. The predicted molar refractivity (Wildman–Crippen MR) is 166 cm³/mol. The average Bonchev–Trinajstić information content (AvgIpc) is 2.98. The van der Waals surface area contributed by atoms with Gasteiger partial charge >= 0.3 is 6.01 Å². The average molecular weight is 598 g/mol. The molecule has 2 aromatic rings. The number of nitrogens with zero attached hydrogens (tertiary/aromatic N) is 5. The van der Waals surface area contributed by atoms with Crippen LogP contribution in [-0.2, 0) is 24.1 Å². The van der Waals surface area contributed by atoms with E-state index in [1.807, 2.05) is 18.2 Å².